The van der Waals surface area contributed by atoms with Crippen LogP contribution in [0.25, 0.3) is 0 Å². The molecule has 2 aliphatic heterocycles. The maximum atomic E-state index is 5.36. The minimum Gasteiger partial charge on any atom is -0.384 e. The van der Waals surface area contributed by atoms with E-state index in [4.69, 9.17) is 9.73 Å². The van der Waals surface area contributed by atoms with Crippen LogP contribution in [0.1, 0.15) is 44.7 Å². The molecular formula is C23H38N4O. The van der Waals surface area contributed by atoms with Gasteiger partial charge < -0.3 is 15.0 Å². The molecular weight excluding hydrogens is 348 g/mol. The van der Waals surface area contributed by atoms with Crippen LogP contribution < -0.4 is 5.32 Å². The minimum absolute atomic E-state index is 0.361. The van der Waals surface area contributed by atoms with Gasteiger partial charge in [0.1, 0.15) is 0 Å². The van der Waals surface area contributed by atoms with Gasteiger partial charge in [-0.1, -0.05) is 37.3 Å². The lowest BCUT2D eigenvalue weighted by Crippen LogP contribution is -2.42. The Kier molecular flexibility index (Phi) is 8.16. The number of nitrogens with zero attached hydrogens (tertiary/aromatic N) is 3. The van der Waals surface area contributed by atoms with Gasteiger partial charge in [-0.25, -0.2) is 0 Å². The zero-order valence-corrected chi connectivity index (χ0v) is 17.9. The van der Waals surface area contributed by atoms with Crippen LogP contribution in [0, 0.1) is 11.8 Å². The van der Waals surface area contributed by atoms with E-state index < -0.39 is 0 Å². The number of ether oxygens (including phenoxy) is 1. The first-order valence-corrected chi connectivity index (χ1v) is 11.0. The second-order valence-corrected chi connectivity index (χ2v) is 8.40. The Hall–Kier alpha value is -1.59. The van der Waals surface area contributed by atoms with Crippen LogP contribution in [-0.4, -0.2) is 68.7 Å². The standard InChI is InChI=1S/C23H38N4O/c1-4-24-23(27-15-12-20(17-27)18-28-3)25-16-22(21-8-6-5-7-9-21)26-13-10-19(2)11-14-26/h5-9,19-20,22H,4,10-18H2,1-3H3,(H,24,25). The number of aliphatic imine (C=N–C) groups is 1. The number of hydrogen-bond donors (Lipinski definition) is 1. The molecule has 2 aliphatic rings. The number of nitrogens with one attached hydrogen (secondary N) is 1. The third kappa shape index (κ3) is 5.71. The summed E-state index contributed by atoms with van der Waals surface area (Å²) in [5, 5.41) is 3.52. The minimum atomic E-state index is 0.361. The van der Waals surface area contributed by atoms with Gasteiger partial charge in [-0.15, -0.1) is 0 Å². The second kappa shape index (κ2) is 10.8. The molecule has 2 heterocycles. The topological polar surface area (TPSA) is 40.1 Å². The van der Waals surface area contributed by atoms with Crippen molar-refractivity contribution in [2.24, 2.45) is 16.8 Å². The molecule has 0 spiro atoms. The summed E-state index contributed by atoms with van der Waals surface area (Å²) < 4.78 is 5.36. The Morgan fingerprint density at radius 1 is 1.18 bits per heavy atom. The highest BCUT2D eigenvalue weighted by molar-refractivity contribution is 5.80. The van der Waals surface area contributed by atoms with E-state index in [2.05, 4.69) is 59.3 Å². The van der Waals surface area contributed by atoms with Crippen LogP contribution in [0.3, 0.4) is 0 Å². The van der Waals surface area contributed by atoms with Gasteiger partial charge in [0.15, 0.2) is 5.96 Å². The molecule has 0 aliphatic carbocycles. The summed E-state index contributed by atoms with van der Waals surface area (Å²) in [5.41, 5.74) is 1.38. The number of guanidine groups is 1. The molecule has 5 nitrogen and oxygen atoms in total. The summed E-state index contributed by atoms with van der Waals surface area (Å²) >= 11 is 0. The van der Waals surface area contributed by atoms with Crippen molar-refractivity contribution in [3.05, 3.63) is 35.9 Å². The Bertz CT molecular complexity index is 598. The number of likely N-dealkylation sites (tertiary alicyclic amines) is 2. The fourth-order valence-electron chi connectivity index (χ4n) is 4.44. The first kappa shape index (κ1) is 21.1. The maximum Gasteiger partial charge on any atom is 0.193 e. The van der Waals surface area contributed by atoms with Crippen LogP contribution in [-0.2, 0) is 4.74 Å². The molecule has 156 valence electrons. The molecule has 2 saturated heterocycles. The normalized spacial score (nSPS) is 23.2. The van der Waals surface area contributed by atoms with E-state index in [1.165, 1.54) is 37.9 Å². The Morgan fingerprint density at radius 3 is 2.61 bits per heavy atom. The van der Waals surface area contributed by atoms with Gasteiger partial charge in [-0.05, 0) is 50.8 Å². The Morgan fingerprint density at radius 2 is 1.93 bits per heavy atom. The molecule has 5 heteroatoms. The molecule has 0 saturated carbocycles. The molecule has 0 aromatic heterocycles. The zero-order valence-electron chi connectivity index (χ0n) is 17.9. The van der Waals surface area contributed by atoms with Crippen LogP contribution in [0.15, 0.2) is 35.3 Å². The number of piperidine rings is 1. The quantitative estimate of drug-likeness (QED) is 0.576. The Balaban J connectivity index is 1.72. The van der Waals surface area contributed by atoms with E-state index in [0.29, 0.717) is 12.0 Å². The SMILES string of the molecule is CCNC(=NCC(c1ccccc1)N1CCC(C)CC1)N1CCC(COC)C1. The molecule has 0 radical (unpaired) electrons. The lowest BCUT2D eigenvalue weighted by molar-refractivity contribution is 0.141. The van der Waals surface area contributed by atoms with E-state index >= 15 is 0 Å². The first-order chi connectivity index (χ1) is 13.7. The van der Waals surface area contributed by atoms with Crippen molar-refractivity contribution in [3.8, 4) is 0 Å². The summed E-state index contributed by atoms with van der Waals surface area (Å²) in [5.74, 6) is 2.52. The molecule has 0 amide bonds. The second-order valence-electron chi connectivity index (χ2n) is 8.40. The lowest BCUT2D eigenvalue weighted by Gasteiger charge is -2.36. The van der Waals surface area contributed by atoms with Gasteiger partial charge in [-0.3, -0.25) is 9.89 Å². The monoisotopic (exact) mass is 386 g/mol. The largest absolute Gasteiger partial charge is 0.384 e. The molecule has 2 fully saturated rings. The van der Waals surface area contributed by atoms with Gasteiger partial charge in [0.05, 0.1) is 19.2 Å². The van der Waals surface area contributed by atoms with E-state index in [0.717, 1.165) is 44.7 Å². The molecule has 1 aromatic carbocycles. The van der Waals surface area contributed by atoms with Gasteiger partial charge in [0, 0.05) is 32.7 Å². The average Bonchev–Trinajstić information content (AvgIpc) is 3.18. The van der Waals surface area contributed by atoms with Crippen molar-refractivity contribution in [1.82, 2.24) is 15.1 Å². The summed E-state index contributed by atoms with van der Waals surface area (Å²) in [6.45, 7) is 11.5. The predicted molar refractivity (Wildman–Crippen MR) is 117 cm³/mol. The Labute approximate surface area is 171 Å². The predicted octanol–water partition coefficient (Wildman–Crippen LogP) is 3.39. The van der Waals surface area contributed by atoms with Crippen LogP contribution >= 0.6 is 0 Å². The van der Waals surface area contributed by atoms with E-state index in [-0.39, 0.29) is 0 Å². The van der Waals surface area contributed by atoms with Crippen molar-refractivity contribution in [2.75, 3.05) is 53.0 Å². The third-order valence-electron chi connectivity index (χ3n) is 6.18. The highest BCUT2D eigenvalue weighted by Crippen LogP contribution is 2.27. The van der Waals surface area contributed by atoms with E-state index in [9.17, 15) is 0 Å². The molecule has 2 unspecified atom stereocenters. The molecule has 0 bridgehead atoms. The maximum absolute atomic E-state index is 5.36. The third-order valence-corrected chi connectivity index (χ3v) is 6.18. The summed E-state index contributed by atoms with van der Waals surface area (Å²) in [6, 6.07) is 11.3. The first-order valence-electron chi connectivity index (χ1n) is 11.0. The molecule has 3 rings (SSSR count). The fraction of sp³-hybridized carbons (Fsp3) is 0.696. The smallest absolute Gasteiger partial charge is 0.193 e. The van der Waals surface area contributed by atoms with Crippen LogP contribution in [0.2, 0.25) is 0 Å². The molecule has 1 N–H and O–H groups in total. The zero-order chi connectivity index (χ0) is 19.8. The van der Waals surface area contributed by atoms with E-state index in [1.807, 2.05) is 0 Å². The summed E-state index contributed by atoms with van der Waals surface area (Å²) in [6.07, 6.45) is 3.76. The van der Waals surface area contributed by atoms with Crippen molar-refractivity contribution >= 4 is 5.96 Å². The van der Waals surface area contributed by atoms with Gasteiger partial charge in [0.25, 0.3) is 0 Å². The van der Waals surface area contributed by atoms with Crippen molar-refractivity contribution in [3.63, 3.8) is 0 Å². The van der Waals surface area contributed by atoms with Crippen molar-refractivity contribution in [1.29, 1.82) is 0 Å². The lowest BCUT2D eigenvalue weighted by atomic mass is 9.96. The number of hydrogen-bond acceptors (Lipinski definition) is 3. The molecule has 1 aromatic rings. The van der Waals surface area contributed by atoms with Crippen LogP contribution in [0.4, 0.5) is 0 Å². The highest BCUT2D eigenvalue weighted by atomic mass is 16.5. The summed E-state index contributed by atoms with van der Waals surface area (Å²) in [7, 11) is 1.80. The molecule has 28 heavy (non-hydrogen) atoms. The van der Waals surface area contributed by atoms with Gasteiger partial charge in [0.2, 0.25) is 0 Å². The number of methoxy groups -OCH3 is 1. The van der Waals surface area contributed by atoms with Crippen molar-refractivity contribution < 1.29 is 4.74 Å². The summed E-state index contributed by atoms with van der Waals surface area (Å²) in [4.78, 5) is 10.2. The fourth-order valence-corrected chi connectivity index (χ4v) is 4.44. The van der Waals surface area contributed by atoms with Crippen molar-refractivity contribution in [2.45, 2.75) is 39.2 Å². The molecule has 2 atom stereocenters. The van der Waals surface area contributed by atoms with Gasteiger partial charge >= 0.3 is 0 Å². The average molecular weight is 387 g/mol. The highest BCUT2D eigenvalue weighted by Gasteiger charge is 2.27. The number of benzene rings is 1. The van der Waals surface area contributed by atoms with Gasteiger partial charge in [-0.2, -0.15) is 0 Å². The number of rotatable bonds is 7. The van der Waals surface area contributed by atoms with E-state index in [1.54, 1.807) is 7.11 Å². The van der Waals surface area contributed by atoms with Crippen LogP contribution in [0.5, 0.6) is 0 Å².